The molecule has 0 radical (unpaired) electrons. The van der Waals surface area contributed by atoms with Crippen LogP contribution in [0.25, 0.3) is 0 Å². The molecule has 0 bridgehead atoms. The molecule has 0 aliphatic carbocycles. The van der Waals surface area contributed by atoms with Gasteiger partial charge in [0.2, 0.25) is 0 Å². The van der Waals surface area contributed by atoms with E-state index in [2.05, 4.69) is 43.0 Å². The minimum atomic E-state index is -0.278. The highest BCUT2D eigenvalue weighted by molar-refractivity contribution is 5.26. The summed E-state index contributed by atoms with van der Waals surface area (Å²) in [6.45, 7) is 8.01. The van der Waals surface area contributed by atoms with E-state index in [9.17, 15) is 5.11 Å². The Bertz CT molecular complexity index is 676. The van der Waals surface area contributed by atoms with Crippen LogP contribution in [-0.4, -0.2) is 29.7 Å². The maximum atomic E-state index is 9.52. The first-order valence-electron chi connectivity index (χ1n) is 19.9. The molecule has 0 aliphatic rings. The molecule has 44 heavy (non-hydrogen) atoms. The summed E-state index contributed by atoms with van der Waals surface area (Å²) in [4.78, 5) is 2.69. The zero-order valence-corrected chi connectivity index (χ0v) is 30.0. The molecular formula is C41H78N2O. The van der Waals surface area contributed by atoms with Crippen LogP contribution < -0.4 is 5.73 Å². The van der Waals surface area contributed by atoms with Crippen molar-refractivity contribution in [2.24, 2.45) is 5.73 Å². The van der Waals surface area contributed by atoms with Crippen LogP contribution >= 0.6 is 0 Å². The quantitative estimate of drug-likeness (QED) is 0.0759. The number of hydrogen-bond acceptors (Lipinski definition) is 3. The molecule has 0 saturated carbocycles. The Labute approximate surface area is 276 Å². The Morgan fingerprint density at radius 2 is 0.864 bits per heavy atom. The van der Waals surface area contributed by atoms with Crippen LogP contribution in [0.2, 0.25) is 0 Å². The average Bonchev–Trinajstić information content (AvgIpc) is 3.04. The monoisotopic (exact) mass is 615 g/mol. The van der Waals surface area contributed by atoms with E-state index in [-0.39, 0.29) is 12.6 Å². The van der Waals surface area contributed by atoms with Crippen LogP contribution in [0.1, 0.15) is 211 Å². The molecule has 0 aromatic heterocycles. The van der Waals surface area contributed by atoms with Crippen LogP contribution in [0.4, 0.5) is 0 Å². The molecule has 1 aromatic carbocycles. The van der Waals surface area contributed by atoms with Crippen molar-refractivity contribution in [1.29, 1.82) is 0 Å². The predicted octanol–water partition coefficient (Wildman–Crippen LogP) is 12.4. The molecule has 3 nitrogen and oxygen atoms in total. The fraction of sp³-hybridized carbons (Fsp3) is 0.854. The Hall–Kier alpha value is -0.900. The summed E-state index contributed by atoms with van der Waals surface area (Å²) in [6.07, 6.45) is 39.6. The summed E-state index contributed by atoms with van der Waals surface area (Å²) in [6, 6.07) is 8.33. The molecule has 0 heterocycles. The van der Waals surface area contributed by atoms with Crippen molar-refractivity contribution in [3.05, 3.63) is 35.4 Å². The van der Waals surface area contributed by atoms with Crippen LogP contribution in [0, 0.1) is 0 Å². The van der Waals surface area contributed by atoms with Crippen molar-refractivity contribution in [2.75, 3.05) is 19.7 Å². The first-order valence-corrected chi connectivity index (χ1v) is 19.9. The van der Waals surface area contributed by atoms with E-state index in [1.165, 1.54) is 198 Å². The smallest absolute Gasteiger partial charge is 0.0624 e. The number of benzene rings is 1. The Kier molecular flexibility index (Phi) is 30.0. The van der Waals surface area contributed by atoms with Gasteiger partial charge in [-0.1, -0.05) is 205 Å². The van der Waals surface area contributed by atoms with E-state index < -0.39 is 0 Å². The van der Waals surface area contributed by atoms with Gasteiger partial charge in [0.15, 0.2) is 0 Å². The van der Waals surface area contributed by atoms with Crippen LogP contribution in [0.15, 0.2) is 24.3 Å². The van der Waals surface area contributed by atoms with Gasteiger partial charge in [0.25, 0.3) is 0 Å². The van der Waals surface area contributed by atoms with Crippen molar-refractivity contribution in [3.63, 3.8) is 0 Å². The van der Waals surface area contributed by atoms with Gasteiger partial charge in [-0.25, -0.2) is 0 Å². The minimum absolute atomic E-state index is 0.00522. The van der Waals surface area contributed by atoms with Gasteiger partial charge in [-0.3, -0.25) is 4.90 Å². The van der Waals surface area contributed by atoms with E-state index in [1.54, 1.807) is 0 Å². The van der Waals surface area contributed by atoms with Crippen molar-refractivity contribution in [3.8, 4) is 0 Å². The van der Waals surface area contributed by atoms with E-state index in [1.807, 2.05) is 0 Å². The van der Waals surface area contributed by atoms with Crippen molar-refractivity contribution >= 4 is 0 Å². The van der Waals surface area contributed by atoms with Gasteiger partial charge in [0, 0.05) is 6.54 Å². The summed E-state index contributed by atoms with van der Waals surface area (Å²) in [5.41, 5.74) is 8.51. The first kappa shape index (κ1) is 41.1. The highest BCUT2D eigenvalue weighted by Crippen LogP contribution is 2.18. The SMILES string of the molecule is CCCCCCCCCCCCCCCCN(CCCCCCCCCCCCCCCC)Cc1cccc(C(N)CO)c1. The third-order valence-electron chi connectivity index (χ3n) is 9.64. The Morgan fingerprint density at radius 3 is 1.20 bits per heavy atom. The molecule has 1 atom stereocenters. The van der Waals surface area contributed by atoms with Gasteiger partial charge in [-0.15, -0.1) is 0 Å². The molecule has 0 aliphatic heterocycles. The van der Waals surface area contributed by atoms with Gasteiger partial charge in [0.05, 0.1) is 12.6 Å². The van der Waals surface area contributed by atoms with E-state index in [0.717, 1.165) is 12.1 Å². The number of unbranched alkanes of at least 4 members (excludes halogenated alkanes) is 26. The van der Waals surface area contributed by atoms with Crippen LogP contribution in [0.5, 0.6) is 0 Å². The standard InChI is InChI=1S/C41H78N2O/c1-3-5-7-9-11-13-15-17-19-21-23-25-27-29-34-43(37-39-32-31-33-40(36-39)41(42)38-44)35-30-28-26-24-22-20-18-16-14-12-10-8-6-4-2/h31-33,36,41,44H,3-30,34-35,37-38,42H2,1-2H3. The molecular weight excluding hydrogens is 536 g/mol. The first-order chi connectivity index (χ1) is 21.7. The maximum Gasteiger partial charge on any atom is 0.0624 e. The van der Waals surface area contributed by atoms with Gasteiger partial charge >= 0.3 is 0 Å². The second kappa shape index (κ2) is 32.1. The number of nitrogens with two attached hydrogens (primary N) is 1. The minimum Gasteiger partial charge on any atom is -0.394 e. The molecule has 0 saturated heterocycles. The topological polar surface area (TPSA) is 49.5 Å². The molecule has 0 spiro atoms. The third kappa shape index (κ3) is 25.3. The predicted molar refractivity (Wildman–Crippen MR) is 196 cm³/mol. The highest BCUT2D eigenvalue weighted by Gasteiger charge is 2.09. The lowest BCUT2D eigenvalue weighted by atomic mass is 10.0. The maximum absolute atomic E-state index is 9.52. The van der Waals surface area contributed by atoms with Gasteiger partial charge < -0.3 is 10.8 Å². The average molecular weight is 615 g/mol. The third-order valence-corrected chi connectivity index (χ3v) is 9.64. The molecule has 0 amide bonds. The van der Waals surface area contributed by atoms with Gasteiger partial charge in [0.1, 0.15) is 0 Å². The number of nitrogens with zero attached hydrogens (tertiary/aromatic N) is 1. The summed E-state index contributed by atoms with van der Waals surface area (Å²) in [7, 11) is 0. The second-order valence-electron chi connectivity index (χ2n) is 14.0. The summed E-state index contributed by atoms with van der Waals surface area (Å²) in [5.74, 6) is 0. The summed E-state index contributed by atoms with van der Waals surface area (Å²) < 4.78 is 0. The number of aliphatic hydroxyl groups is 1. The lowest BCUT2D eigenvalue weighted by molar-refractivity contribution is 0.251. The van der Waals surface area contributed by atoms with Crippen LogP contribution in [0.3, 0.4) is 0 Å². The lowest BCUT2D eigenvalue weighted by Crippen LogP contribution is -2.26. The van der Waals surface area contributed by atoms with Crippen molar-refractivity contribution in [2.45, 2.75) is 206 Å². The van der Waals surface area contributed by atoms with E-state index >= 15 is 0 Å². The van der Waals surface area contributed by atoms with Crippen molar-refractivity contribution < 1.29 is 5.11 Å². The lowest BCUT2D eigenvalue weighted by Gasteiger charge is -2.23. The van der Waals surface area contributed by atoms with Gasteiger partial charge in [-0.2, -0.15) is 0 Å². The summed E-state index contributed by atoms with van der Waals surface area (Å²) in [5, 5.41) is 9.52. The zero-order valence-electron chi connectivity index (χ0n) is 30.0. The molecule has 0 fully saturated rings. The largest absolute Gasteiger partial charge is 0.394 e. The van der Waals surface area contributed by atoms with Crippen molar-refractivity contribution in [1.82, 2.24) is 4.90 Å². The number of rotatable bonds is 34. The fourth-order valence-electron chi connectivity index (χ4n) is 6.62. The Balaban J connectivity index is 2.21. The zero-order chi connectivity index (χ0) is 31.8. The molecule has 1 rings (SSSR count). The molecule has 1 unspecified atom stereocenters. The molecule has 258 valence electrons. The van der Waals surface area contributed by atoms with Crippen LogP contribution in [-0.2, 0) is 6.54 Å². The van der Waals surface area contributed by atoms with Gasteiger partial charge in [-0.05, 0) is 37.1 Å². The number of hydrogen-bond donors (Lipinski definition) is 2. The molecule has 1 aromatic rings. The molecule has 3 N–H and O–H groups in total. The summed E-state index contributed by atoms with van der Waals surface area (Å²) >= 11 is 0. The van der Waals surface area contributed by atoms with E-state index in [4.69, 9.17) is 5.73 Å². The second-order valence-corrected chi connectivity index (χ2v) is 14.0. The normalized spacial score (nSPS) is 12.4. The fourth-order valence-corrected chi connectivity index (χ4v) is 6.62. The number of aliphatic hydroxyl groups excluding tert-OH is 1. The highest BCUT2D eigenvalue weighted by atomic mass is 16.3. The molecule has 3 heteroatoms. The van der Waals surface area contributed by atoms with E-state index in [0.29, 0.717) is 0 Å². The Morgan fingerprint density at radius 1 is 0.523 bits per heavy atom.